The number of rotatable bonds is 10. The van der Waals surface area contributed by atoms with E-state index in [1.54, 1.807) is 6.20 Å². The number of nitrogens with one attached hydrogen (secondary N) is 4. The Labute approximate surface area is 218 Å². The fraction of sp³-hybridized carbons (Fsp3) is 0.400. The van der Waals surface area contributed by atoms with Crippen LogP contribution >= 0.6 is 0 Å². The van der Waals surface area contributed by atoms with E-state index < -0.39 is 46.5 Å². The van der Waals surface area contributed by atoms with Crippen molar-refractivity contribution < 1.29 is 31.5 Å². The van der Waals surface area contributed by atoms with E-state index in [1.165, 1.54) is 16.4 Å². The van der Waals surface area contributed by atoms with Gasteiger partial charge in [-0.2, -0.15) is 30.6 Å². The molecule has 2 atom stereocenters. The van der Waals surface area contributed by atoms with Crippen LogP contribution in [0.3, 0.4) is 0 Å². The molecule has 206 valence electrons. The number of nitrogens with zero attached hydrogens (tertiary/aromatic N) is 1. The number of H-pyrrole nitrogens is 1. The topological polar surface area (TPSA) is 127 Å². The van der Waals surface area contributed by atoms with Gasteiger partial charge in [0.15, 0.2) is 0 Å². The van der Waals surface area contributed by atoms with Gasteiger partial charge in [0.2, 0.25) is 5.91 Å². The first kappa shape index (κ1) is 28.0. The van der Waals surface area contributed by atoms with Crippen LogP contribution in [0.2, 0.25) is 0 Å². The Morgan fingerprint density at radius 3 is 2.39 bits per heavy atom. The van der Waals surface area contributed by atoms with Gasteiger partial charge in [-0.05, 0) is 42.2 Å². The molecule has 3 aromatic rings. The number of amides is 1. The van der Waals surface area contributed by atoms with Crippen molar-refractivity contribution in [2.75, 3.05) is 32.8 Å². The molecule has 1 fully saturated rings. The third kappa shape index (κ3) is 6.91. The second kappa shape index (κ2) is 11.8. The molecule has 0 unspecified atom stereocenters. The summed E-state index contributed by atoms with van der Waals surface area (Å²) in [6.45, 7) is 0.929. The second-order valence-electron chi connectivity index (χ2n) is 9.18. The molecule has 1 saturated heterocycles. The van der Waals surface area contributed by atoms with Crippen LogP contribution in [-0.2, 0) is 34.0 Å². The number of carbonyl (C=O) groups excluding carboxylic acids is 1. The minimum absolute atomic E-state index is 0.180. The molecule has 0 saturated carbocycles. The van der Waals surface area contributed by atoms with Gasteiger partial charge >= 0.3 is 6.18 Å². The molecule has 4 rings (SSSR count). The number of aromatic nitrogens is 1. The predicted octanol–water partition coefficient (Wildman–Crippen LogP) is 1.56. The lowest BCUT2D eigenvalue weighted by Gasteiger charge is -2.29. The van der Waals surface area contributed by atoms with Crippen LogP contribution in [0.1, 0.15) is 16.7 Å². The highest BCUT2D eigenvalue weighted by atomic mass is 32.2. The molecule has 1 aliphatic rings. The number of alkyl halides is 3. The number of aliphatic hydroxyl groups excluding tert-OH is 1. The summed E-state index contributed by atoms with van der Waals surface area (Å²) in [5.74, 6) is -0.692. The van der Waals surface area contributed by atoms with Crippen molar-refractivity contribution in [3.8, 4) is 0 Å². The maximum atomic E-state index is 13.3. The van der Waals surface area contributed by atoms with Gasteiger partial charge in [-0.3, -0.25) is 4.79 Å². The molecular weight excluding hydrogens is 523 g/mol. The van der Waals surface area contributed by atoms with Crippen LogP contribution in [0.15, 0.2) is 54.7 Å². The number of benzene rings is 2. The first-order chi connectivity index (χ1) is 18.1. The van der Waals surface area contributed by atoms with Crippen molar-refractivity contribution in [2.24, 2.45) is 0 Å². The first-order valence-electron chi connectivity index (χ1n) is 12.2. The Bertz CT molecular complexity index is 1340. The zero-order valence-corrected chi connectivity index (χ0v) is 21.3. The molecule has 13 heteroatoms. The number of para-hydroxylation sites is 1. The first-order valence-corrected chi connectivity index (χ1v) is 13.6. The smallest absolute Gasteiger partial charge is 0.394 e. The molecule has 0 spiro atoms. The van der Waals surface area contributed by atoms with E-state index in [9.17, 15) is 31.5 Å². The highest BCUT2D eigenvalue weighted by Crippen LogP contribution is 2.29. The number of aliphatic hydroxyl groups is 1. The molecular formula is C25H30F3N5O4S. The highest BCUT2D eigenvalue weighted by Gasteiger charge is 2.32. The maximum Gasteiger partial charge on any atom is 0.416 e. The largest absolute Gasteiger partial charge is 0.416 e. The Hall–Kier alpha value is -2.97. The number of halogens is 3. The standard InChI is InChI=1S/C25H30F3N5O4S/c26-25(27,28)19-7-5-17(6-8-19)13-23(32-38(36,37)33-11-9-29-10-12-33)24(35)31-20(16-34)14-18-15-30-22-4-2-1-3-21(18)22/h1-8,15,20,23,29-30,32,34H,9-14,16H2,(H,31,35)/t20-,23-/m1/s1. The minimum atomic E-state index is -4.52. The molecule has 9 nitrogen and oxygen atoms in total. The lowest BCUT2D eigenvalue weighted by molar-refractivity contribution is -0.137. The number of hydrogen-bond acceptors (Lipinski definition) is 5. The molecule has 1 aromatic heterocycles. The van der Waals surface area contributed by atoms with Crippen molar-refractivity contribution in [1.29, 1.82) is 0 Å². The number of hydrogen-bond donors (Lipinski definition) is 5. The van der Waals surface area contributed by atoms with E-state index in [4.69, 9.17) is 0 Å². The molecule has 1 amide bonds. The average Bonchev–Trinajstić information content (AvgIpc) is 3.30. The average molecular weight is 554 g/mol. The van der Waals surface area contributed by atoms with Gasteiger partial charge in [0.25, 0.3) is 10.2 Å². The van der Waals surface area contributed by atoms with E-state index in [0.29, 0.717) is 18.7 Å². The molecule has 38 heavy (non-hydrogen) atoms. The van der Waals surface area contributed by atoms with Crippen LogP contribution in [-0.4, -0.2) is 73.6 Å². The lowest BCUT2D eigenvalue weighted by Crippen LogP contribution is -2.57. The van der Waals surface area contributed by atoms with E-state index in [0.717, 1.165) is 28.6 Å². The highest BCUT2D eigenvalue weighted by molar-refractivity contribution is 7.87. The van der Waals surface area contributed by atoms with E-state index >= 15 is 0 Å². The zero-order chi connectivity index (χ0) is 27.3. The summed E-state index contributed by atoms with van der Waals surface area (Å²) in [4.78, 5) is 16.5. The van der Waals surface area contributed by atoms with Gasteiger partial charge in [-0.1, -0.05) is 30.3 Å². The second-order valence-corrected chi connectivity index (χ2v) is 10.9. The Morgan fingerprint density at radius 2 is 1.74 bits per heavy atom. The summed E-state index contributed by atoms with van der Waals surface area (Å²) in [6, 6.07) is 9.74. The molecule has 2 aromatic carbocycles. The van der Waals surface area contributed by atoms with Crippen molar-refractivity contribution in [2.45, 2.75) is 31.1 Å². The minimum Gasteiger partial charge on any atom is -0.394 e. The lowest BCUT2D eigenvalue weighted by atomic mass is 10.0. The van der Waals surface area contributed by atoms with Crippen LogP contribution in [0.5, 0.6) is 0 Å². The van der Waals surface area contributed by atoms with Crippen molar-refractivity contribution in [3.63, 3.8) is 0 Å². The summed E-state index contributed by atoms with van der Waals surface area (Å²) >= 11 is 0. The third-order valence-electron chi connectivity index (χ3n) is 6.45. The van der Waals surface area contributed by atoms with Gasteiger partial charge in [0.05, 0.1) is 18.2 Å². The van der Waals surface area contributed by atoms with Gasteiger partial charge in [0, 0.05) is 43.3 Å². The molecule has 0 bridgehead atoms. The van der Waals surface area contributed by atoms with Crippen molar-refractivity contribution in [3.05, 3.63) is 71.4 Å². The number of aromatic amines is 1. The monoisotopic (exact) mass is 553 g/mol. The van der Waals surface area contributed by atoms with Crippen molar-refractivity contribution in [1.82, 2.24) is 24.6 Å². The zero-order valence-electron chi connectivity index (χ0n) is 20.5. The van der Waals surface area contributed by atoms with Crippen LogP contribution in [0.25, 0.3) is 10.9 Å². The SMILES string of the molecule is O=C(N[C@@H](CO)Cc1c[nH]c2ccccc12)[C@@H](Cc1ccc(C(F)(F)F)cc1)NS(=O)(=O)N1CCNCC1. The van der Waals surface area contributed by atoms with Crippen LogP contribution in [0.4, 0.5) is 13.2 Å². The van der Waals surface area contributed by atoms with E-state index in [1.807, 2.05) is 24.3 Å². The van der Waals surface area contributed by atoms with Crippen LogP contribution < -0.4 is 15.4 Å². The summed E-state index contributed by atoms with van der Waals surface area (Å²) in [5.41, 5.74) is 1.26. The number of fused-ring (bicyclic) bond motifs is 1. The normalized spacial score (nSPS) is 16.8. The fourth-order valence-electron chi connectivity index (χ4n) is 4.42. The molecule has 0 radical (unpaired) electrons. The summed E-state index contributed by atoms with van der Waals surface area (Å²) in [6.07, 6.45) is -2.63. The van der Waals surface area contributed by atoms with Gasteiger partial charge in [-0.15, -0.1) is 0 Å². The third-order valence-corrected chi connectivity index (χ3v) is 8.08. The predicted molar refractivity (Wildman–Crippen MR) is 136 cm³/mol. The Balaban J connectivity index is 1.53. The van der Waals surface area contributed by atoms with Gasteiger partial charge in [-0.25, -0.2) is 0 Å². The van der Waals surface area contributed by atoms with Gasteiger partial charge < -0.3 is 20.7 Å². The Kier molecular flexibility index (Phi) is 8.73. The Morgan fingerprint density at radius 1 is 1.05 bits per heavy atom. The molecule has 2 heterocycles. The summed E-state index contributed by atoms with van der Waals surface area (Å²) < 4.78 is 68.7. The van der Waals surface area contributed by atoms with Crippen LogP contribution in [0, 0.1) is 0 Å². The fourth-order valence-corrected chi connectivity index (χ4v) is 5.78. The number of piperazine rings is 1. The molecule has 1 aliphatic heterocycles. The molecule has 0 aliphatic carbocycles. The van der Waals surface area contributed by atoms with E-state index in [2.05, 4.69) is 20.3 Å². The van der Waals surface area contributed by atoms with Gasteiger partial charge in [0.1, 0.15) is 6.04 Å². The quantitative estimate of drug-likeness (QED) is 0.261. The van der Waals surface area contributed by atoms with E-state index in [-0.39, 0.29) is 25.9 Å². The van der Waals surface area contributed by atoms with Crippen molar-refractivity contribution >= 4 is 27.0 Å². The summed E-state index contributed by atoms with van der Waals surface area (Å²) in [7, 11) is -4.07. The number of carbonyl (C=O) groups is 1. The summed E-state index contributed by atoms with van der Waals surface area (Å²) in [5, 5.41) is 16.7. The maximum absolute atomic E-state index is 13.3. The molecule has 5 N–H and O–H groups in total.